The van der Waals surface area contributed by atoms with Gasteiger partial charge in [-0.15, -0.1) is 0 Å². The number of benzene rings is 7. The highest BCUT2D eigenvalue weighted by atomic mass is 16.6. The zero-order chi connectivity index (χ0) is 37.4. The molecule has 262 valence electrons. The Bertz CT molecular complexity index is 2440. The van der Waals surface area contributed by atoms with E-state index in [0.717, 1.165) is 55.6 Å². The molecule has 0 saturated heterocycles. The van der Waals surface area contributed by atoms with E-state index in [9.17, 15) is 29.9 Å². The van der Waals surface area contributed by atoms with Gasteiger partial charge in [-0.3, -0.25) is 10.1 Å². The molecule has 1 aliphatic carbocycles. The molecule has 0 amide bonds. The van der Waals surface area contributed by atoms with Crippen LogP contribution in [0.25, 0.3) is 33.4 Å². The van der Waals surface area contributed by atoms with Crippen LogP contribution in [-0.4, -0.2) is 27.1 Å². The van der Waals surface area contributed by atoms with Crippen molar-refractivity contribution in [2.24, 2.45) is 0 Å². The number of nitro benzene ring substituents is 1. The molecule has 0 spiro atoms. The van der Waals surface area contributed by atoms with E-state index >= 15 is 0 Å². The summed E-state index contributed by atoms with van der Waals surface area (Å²) in [6.45, 7) is 0.137. The second-order valence-electron chi connectivity index (χ2n) is 13.1. The minimum absolute atomic E-state index is 0.129. The summed E-state index contributed by atoms with van der Waals surface area (Å²) in [5.74, 6) is -1.79. The van der Waals surface area contributed by atoms with E-state index in [1.165, 1.54) is 6.07 Å². The second-order valence-corrected chi connectivity index (χ2v) is 13.1. The number of ether oxygens (including phenoxy) is 1. The number of hydrogen-bond donors (Lipinski definition) is 2. The van der Waals surface area contributed by atoms with Crippen LogP contribution in [0.15, 0.2) is 164 Å². The zero-order valence-corrected chi connectivity index (χ0v) is 28.7. The summed E-state index contributed by atoms with van der Waals surface area (Å²) < 4.78 is 6.43. The number of hydrogen-bond acceptors (Lipinski definition) is 5. The lowest BCUT2D eigenvalue weighted by Crippen LogP contribution is -2.28. The molecule has 0 unspecified atom stereocenters. The quantitative estimate of drug-likeness (QED) is 0.107. The molecule has 0 fully saturated rings. The highest BCUT2D eigenvalue weighted by Gasteiger charge is 2.48. The Morgan fingerprint density at radius 1 is 0.556 bits per heavy atom. The first-order chi connectivity index (χ1) is 26.3. The number of aromatic carboxylic acids is 2. The maximum atomic E-state index is 12.6. The Hall–Kier alpha value is -7.32. The molecule has 0 heterocycles. The standard InChI is InChI=1S/C46H31NO7/c48-44(49)34-14-10-30(11-15-34)32-18-22-36(23-19-32)46(37-24-20-33(21-25-37)31-12-16-35(17-13-31)45(50)51)39-9-5-4-8-38(39)42-40(46)26-27-41(47(52)53)43(42)54-28-29-6-2-1-3-7-29/h1-27H,28H2,(H,48,49)(H,50,51). The average molecular weight is 710 g/mol. The van der Waals surface area contributed by atoms with Gasteiger partial charge in [-0.05, 0) is 86.0 Å². The predicted octanol–water partition coefficient (Wildman–Crippen LogP) is 10.3. The summed E-state index contributed by atoms with van der Waals surface area (Å²) in [7, 11) is 0. The van der Waals surface area contributed by atoms with Gasteiger partial charge >= 0.3 is 17.6 Å². The topological polar surface area (TPSA) is 127 Å². The number of carbonyl (C=O) groups is 2. The Kier molecular flexibility index (Phi) is 8.56. The summed E-state index contributed by atoms with van der Waals surface area (Å²) in [6.07, 6.45) is 0. The van der Waals surface area contributed by atoms with Crippen molar-refractivity contribution in [1.82, 2.24) is 0 Å². The molecule has 54 heavy (non-hydrogen) atoms. The summed E-state index contributed by atoms with van der Waals surface area (Å²) in [6, 6.07) is 50.5. The average Bonchev–Trinajstić information content (AvgIpc) is 3.51. The van der Waals surface area contributed by atoms with E-state index in [0.29, 0.717) is 5.56 Å². The van der Waals surface area contributed by atoms with Crippen molar-refractivity contribution >= 4 is 17.6 Å². The van der Waals surface area contributed by atoms with Crippen molar-refractivity contribution in [1.29, 1.82) is 0 Å². The fourth-order valence-corrected chi connectivity index (χ4v) is 7.57. The van der Waals surface area contributed by atoms with Gasteiger partial charge in [0.2, 0.25) is 5.75 Å². The van der Waals surface area contributed by atoms with Gasteiger partial charge in [0.05, 0.1) is 21.5 Å². The number of nitro groups is 1. The maximum Gasteiger partial charge on any atom is 0.335 e. The van der Waals surface area contributed by atoms with Crippen molar-refractivity contribution in [3.05, 3.63) is 213 Å². The molecular weight excluding hydrogens is 679 g/mol. The van der Waals surface area contributed by atoms with Crippen molar-refractivity contribution in [2.75, 3.05) is 0 Å². The molecule has 0 saturated carbocycles. The number of rotatable bonds is 10. The second kappa shape index (κ2) is 13.7. The van der Waals surface area contributed by atoms with Crippen LogP contribution in [0.3, 0.4) is 0 Å². The third-order valence-electron chi connectivity index (χ3n) is 10.1. The predicted molar refractivity (Wildman–Crippen MR) is 206 cm³/mol. The summed E-state index contributed by atoms with van der Waals surface area (Å²) in [5, 5.41) is 31.4. The van der Waals surface area contributed by atoms with Gasteiger partial charge < -0.3 is 14.9 Å². The number of carboxylic acids is 2. The summed E-state index contributed by atoms with van der Waals surface area (Å²) in [5.41, 5.74) is 8.80. The normalized spacial score (nSPS) is 12.4. The lowest BCUT2D eigenvalue weighted by atomic mass is 9.67. The first-order valence-electron chi connectivity index (χ1n) is 17.2. The molecule has 0 aromatic heterocycles. The van der Waals surface area contributed by atoms with Crippen LogP contribution in [0.5, 0.6) is 5.75 Å². The third-order valence-corrected chi connectivity index (χ3v) is 10.1. The maximum absolute atomic E-state index is 12.6. The van der Waals surface area contributed by atoms with Crippen molar-refractivity contribution < 1.29 is 29.5 Å². The van der Waals surface area contributed by atoms with Crippen LogP contribution in [0.1, 0.15) is 48.5 Å². The van der Waals surface area contributed by atoms with Crippen molar-refractivity contribution in [2.45, 2.75) is 12.0 Å². The van der Waals surface area contributed by atoms with Gasteiger partial charge in [0.15, 0.2) is 0 Å². The fraction of sp³-hybridized carbons (Fsp3) is 0.0435. The van der Waals surface area contributed by atoms with Gasteiger partial charge in [-0.1, -0.05) is 127 Å². The molecule has 1 aliphatic rings. The molecule has 0 atom stereocenters. The summed E-state index contributed by atoms with van der Waals surface area (Å²) >= 11 is 0. The third kappa shape index (κ3) is 5.76. The van der Waals surface area contributed by atoms with Crippen molar-refractivity contribution in [3.8, 4) is 39.1 Å². The fourth-order valence-electron chi connectivity index (χ4n) is 7.57. The Morgan fingerprint density at radius 3 is 1.50 bits per heavy atom. The largest absolute Gasteiger partial charge is 0.482 e. The molecule has 0 bridgehead atoms. The number of nitrogens with zero attached hydrogens (tertiary/aromatic N) is 1. The smallest absolute Gasteiger partial charge is 0.335 e. The van der Waals surface area contributed by atoms with Crippen LogP contribution in [0.4, 0.5) is 5.69 Å². The lowest BCUT2D eigenvalue weighted by Gasteiger charge is -2.34. The monoisotopic (exact) mass is 709 g/mol. The first-order valence-corrected chi connectivity index (χ1v) is 17.2. The molecular formula is C46H31NO7. The molecule has 7 aromatic carbocycles. The van der Waals surface area contributed by atoms with Crippen LogP contribution >= 0.6 is 0 Å². The van der Waals surface area contributed by atoms with Crippen molar-refractivity contribution in [3.63, 3.8) is 0 Å². The SMILES string of the molecule is O=C(O)c1ccc(-c2ccc(C3(c4ccc(-c5ccc(C(=O)O)cc5)cc4)c4ccccc4-c4c3ccc([N+](=O)[O-])c4OCc3ccccc3)cc2)cc1. The molecule has 8 nitrogen and oxygen atoms in total. The Balaban J connectivity index is 1.33. The number of fused-ring (bicyclic) bond motifs is 3. The van der Waals surface area contributed by atoms with Crippen LogP contribution in [0, 0.1) is 10.1 Å². The molecule has 8 heteroatoms. The highest BCUT2D eigenvalue weighted by Crippen LogP contribution is 2.60. The zero-order valence-electron chi connectivity index (χ0n) is 28.7. The Morgan fingerprint density at radius 2 is 1.02 bits per heavy atom. The van der Waals surface area contributed by atoms with Gasteiger partial charge in [0.25, 0.3) is 0 Å². The summed E-state index contributed by atoms with van der Waals surface area (Å²) in [4.78, 5) is 35.1. The van der Waals surface area contributed by atoms with E-state index in [2.05, 4.69) is 30.3 Å². The van der Waals surface area contributed by atoms with Crippen LogP contribution < -0.4 is 4.74 Å². The van der Waals surface area contributed by atoms with Crippen LogP contribution in [-0.2, 0) is 12.0 Å². The Labute approximate surface area is 310 Å². The van der Waals surface area contributed by atoms with Gasteiger partial charge in [-0.25, -0.2) is 9.59 Å². The van der Waals surface area contributed by atoms with Gasteiger partial charge in [-0.2, -0.15) is 0 Å². The first kappa shape index (κ1) is 33.8. The van der Waals surface area contributed by atoms with E-state index in [-0.39, 0.29) is 29.2 Å². The van der Waals surface area contributed by atoms with Gasteiger partial charge in [0, 0.05) is 11.6 Å². The van der Waals surface area contributed by atoms with E-state index in [1.807, 2.05) is 78.9 Å². The van der Waals surface area contributed by atoms with Crippen LogP contribution in [0.2, 0.25) is 0 Å². The molecule has 7 aromatic rings. The molecule has 8 rings (SSSR count). The molecule has 2 N–H and O–H groups in total. The molecule has 0 radical (unpaired) electrons. The molecule has 0 aliphatic heterocycles. The van der Waals surface area contributed by atoms with E-state index in [1.54, 1.807) is 48.5 Å². The van der Waals surface area contributed by atoms with E-state index in [4.69, 9.17) is 4.74 Å². The number of carboxylic acid groups (broad SMARTS) is 2. The lowest BCUT2D eigenvalue weighted by molar-refractivity contribution is -0.385. The highest BCUT2D eigenvalue weighted by molar-refractivity contribution is 5.93. The minimum atomic E-state index is -0.993. The minimum Gasteiger partial charge on any atom is -0.482 e. The van der Waals surface area contributed by atoms with Gasteiger partial charge in [0.1, 0.15) is 6.61 Å². The van der Waals surface area contributed by atoms with E-state index < -0.39 is 22.3 Å².